The van der Waals surface area contributed by atoms with Crippen molar-refractivity contribution in [2.45, 2.75) is 18.9 Å². The highest BCUT2D eigenvalue weighted by Crippen LogP contribution is 2.37. The van der Waals surface area contributed by atoms with Gasteiger partial charge in [0.2, 0.25) is 5.91 Å². The van der Waals surface area contributed by atoms with Crippen molar-refractivity contribution in [2.24, 2.45) is 0 Å². The van der Waals surface area contributed by atoms with E-state index >= 15 is 0 Å². The number of para-hydroxylation sites is 1. The summed E-state index contributed by atoms with van der Waals surface area (Å²) in [7, 11) is 1.59. The number of aryl methyl sites for hydroxylation is 1. The number of aromatic nitrogens is 1. The van der Waals surface area contributed by atoms with Crippen molar-refractivity contribution >= 4 is 16.8 Å². The lowest BCUT2D eigenvalue weighted by atomic mass is 9.95. The molecule has 0 aliphatic rings. The second-order valence-electron chi connectivity index (χ2n) is 7.31. The van der Waals surface area contributed by atoms with Gasteiger partial charge in [-0.3, -0.25) is 9.78 Å². The van der Waals surface area contributed by atoms with Crippen LogP contribution in [0.1, 0.15) is 29.2 Å². The first-order valence-corrected chi connectivity index (χ1v) is 10.2. The van der Waals surface area contributed by atoms with Gasteiger partial charge in [0.15, 0.2) is 0 Å². The molecule has 5 heteroatoms. The summed E-state index contributed by atoms with van der Waals surface area (Å²) in [5.41, 5.74) is 2.94. The lowest BCUT2D eigenvalue weighted by Gasteiger charge is -2.23. The Morgan fingerprint density at radius 2 is 1.74 bits per heavy atom. The Morgan fingerprint density at radius 3 is 2.55 bits per heavy atom. The second kappa shape index (κ2) is 9.30. The van der Waals surface area contributed by atoms with E-state index in [-0.39, 0.29) is 11.7 Å². The van der Waals surface area contributed by atoms with Gasteiger partial charge in [-0.15, -0.1) is 0 Å². The summed E-state index contributed by atoms with van der Waals surface area (Å²) < 4.78 is 5.54. The molecule has 0 spiro atoms. The summed E-state index contributed by atoms with van der Waals surface area (Å²) in [5.74, 6) is 0.578. The minimum atomic E-state index is -0.578. The van der Waals surface area contributed by atoms with Gasteiger partial charge in [-0.25, -0.2) is 0 Å². The highest BCUT2D eigenvalue weighted by molar-refractivity contribution is 5.86. The van der Waals surface area contributed by atoms with Crippen molar-refractivity contribution in [1.29, 1.82) is 0 Å². The van der Waals surface area contributed by atoms with Crippen molar-refractivity contribution in [2.75, 3.05) is 7.11 Å². The Bertz CT molecular complexity index is 1190. The molecule has 0 radical (unpaired) electrons. The zero-order chi connectivity index (χ0) is 21.6. The Hall–Kier alpha value is -3.86. The molecule has 4 rings (SSSR count). The van der Waals surface area contributed by atoms with Crippen LogP contribution >= 0.6 is 0 Å². The quantitative estimate of drug-likeness (QED) is 0.458. The molecule has 2 N–H and O–H groups in total. The molecule has 0 aliphatic carbocycles. The molecule has 3 aromatic carbocycles. The van der Waals surface area contributed by atoms with Crippen LogP contribution in [-0.4, -0.2) is 23.1 Å². The number of phenolic OH excluding ortho intramolecular Hbond substituents is 1. The molecule has 4 aromatic rings. The SMILES string of the molecule is COc1ccccc1[C@@H](NC(=O)CCc1ccccc1)c1ccc2cccnc2c1O. The van der Waals surface area contributed by atoms with E-state index in [2.05, 4.69) is 10.3 Å². The minimum absolute atomic E-state index is 0.0531. The Kier molecular flexibility index (Phi) is 6.13. The van der Waals surface area contributed by atoms with Gasteiger partial charge >= 0.3 is 0 Å². The number of hydrogen-bond acceptors (Lipinski definition) is 4. The lowest BCUT2D eigenvalue weighted by Crippen LogP contribution is -2.30. The Labute approximate surface area is 181 Å². The predicted molar refractivity (Wildman–Crippen MR) is 121 cm³/mol. The average molecular weight is 412 g/mol. The molecule has 31 heavy (non-hydrogen) atoms. The molecular formula is C26H24N2O3. The first-order chi connectivity index (χ1) is 15.2. The molecule has 1 amide bonds. The number of amides is 1. The molecule has 0 fully saturated rings. The van der Waals surface area contributed by atoms with Crippen LogP contribution in [0.4, 0.5) is 0 Å². The minimum Gasteiger partial charge on any atom is -0.505 e. The molecule has 156 valence electrons. The van der Waals surface area contributed by atoms with E-state index in [1.807, 2.05) is 78.9 Å². The number of methoxy groups -OCH3 is 1. The van der Waals surface area contributed by atoms with Crippen LogP contribution in [-0.2, 0) is 11.2 Å². The summed E-state index contributed by atoms with van der Waals surface area (Å²) in [5, 5.41) is 14.9. The monoisotopic (exact) mass is 412 g/mol. The highest BCUT2D eigenvalue weighted by Gasteiger charge is 2.24. The molecule has 0 unspecified atom stereocenters. The summed E-state index contributed by atoms with van der Waals surface area (Å²) in [6, 6.07) is 24.3. The molecule has 0 bridgehead atoms. The summed E-state index contributed by atoms with van der Waals surface area (Å²) in [6.45, 7) is 0. The molecular weight excluding hydrogens is 388 g/mol. The fourth-order valence-corrected chi connectivity index (χ4v) is 3.74. The van der Waals surface area contributed by atoms with E-state index in [0.717, 1.165) is 16.5 Å². The largest absolute Gasteiger partial charge is 0.505 e. The van der Waals surface area contributed by atoms with Crippen molar-refractivity contribution in [3.8, 4) is 11.5 Å². The molecule has 0 saturated carbocycles. The zero-order valence-corrected chi connectivity index (χ0v) is 17.3. The van der Waals surface area contributed by atoms with Crippen molar-refractivity contribution < 1.29 is 14.6 Å². The van der Waals surface area contributed by atoms with Crippen LogP contribution in [0.15, 0.2) is 85.1 Å². The number of phenols is 1. The van der Waals surface area contributed by atoms with Crippen LogP contribution < -0.4 is 10.1 Å². The van der Waals surface area contributed by atoms with E-state index in [9.17, 15) is 9.90 Å². The van der Waals surface area contributed by atoms with E-state index < -0.39 is 6.04 Å². The highest BCUT2D eigenvalue weighted by atomic mass is 16.5. The number of benzene rings is 3. The number of carbonyl (C=O) groups excluding carboxylic acids is 1. The molecule has 0 aliphatic heterocycles. The fraction of sp³-hybridized carbons (Fsp3) is 0.154. The Balaban J connectivity index is 1.69. The Morgan fingerprint density at radius 1 is 0.968 bits per heavy atom. The van der Waals surface area contributed by atoms with Gasteiger partial charge in [0.25, 0.3) is 0 Å². The third-order valence-corrected chi connectivity index (χ3v) is 5.33. The van der Waals surface area contributed by atoms with Gasteiger partial charge < -0.3 is 15.2 Å². The summed E-state index contributed by atoms with van der Waals surface area (Å²) >= 11 is 0. The summed E-state index contributed by atoms with van der Waals surface area (Å²) in [4.78, 5) is 17.2. The molecule has 1 aromatic heterocycles. The second-order valence-corrected chi connectivity index (χ2v) is 7.31. The van der Waals surface area contributed by atoms with Crippen LogP contribution in [0.5, 0.6) is 11.5 Å². The number of ether oxygens (including phenoxy) is 1. The summed E-state index contributed by atoms with van der Waals surface area (Å²) in [6.07, 6.45) is 2.61. The third-order valence-electron chi connectivity index (χ3n) is 5.33. The number of nitrogens with one attached hydrogen (secondary N) is 1. The van der Waals surface area contributed by atoms with E-state index in [4.69, 9.17) is 4.74 Å². The first-order valence-electron chi connectivity index (χ1n) is 10.2. The van der Waals surface area contributed by atoms with Crippen molar-refractivity contribution in [3.05, 3.63) is 102 Å². The fourth-order valence-electron chi connectivity index (χ4n) is 3.74. The van der Waals surface area contributed by atoms with E-state index in [0.29, 0.717) is 29.7 Å². The van der Waals surface area contributed by atoms with E-state index in [1.165, 1.54) is 0 Å². The third kappa shape index (κ3) is 4.51. The number of rotatable bonds is 7. The molecule has 1 heterocycles. The number of hydrogen-bond donors (Lipinski definition) is 2. The maximum atomic E-state index is 12.9. The maximum Gasteiger partial charge on any atom is 0.221 e. The molecule has 0 saturated heterocycles. The van der Waals surface area contributed by atoms with Crippen LogP contribution in [0, 0.1) is 0 Å². The van der Waals surface area contributed by atoms with Crippen LogP contribution in [0.25, 0.3) is 10.9 Å². The van der Waals surface area contributed by atoms with Crippen LogP contribution in [0.3, 0.4) is 0 Å². The van der Waals surface area contributed by atoms with Gasteiger partial charge in [-0.2, -0.15) is 0 Å². The smallest absolute Gasteiger partial charge is 0.221 e. The molecule has 5 nitrogen and oxygen atoms in total. The first kappa shape index (κ1) is 20.4. The zero-order valence-electron chi connectivity index (χ0n) is 17.3. The normalized spacial score (nSPS) is 11.8. The number of nitrogens with zero attached hydrogens (tertiary/aromatic N) is 1. The lowest BCUT2D eigenvalue weighted by molar-refractivity contribution is -0.121. The number of pyridine rings is 1. The van der Waals surface area contributed by atoms with Crippen molar-refractivity contribution in [1.82, 2.24) is 10.3 Å². The number of carbonyl (C=O) groups is 1. The van der Waals surface area contributed by atoms with Gasteiger partial charge in [0.1, 0.15) is 17.0 Å². The predicted octanol–water partition coefficient (Wildman–Crippen LogP) is 4.79. The molecule has 1 atom stereocenters. The van der Waals surface area contributed by atoms with Gasteiger partial charge in [-0.1, -0.05) is 66.7 Å². The van der Waals surface area contributed by atoms with Gasteiger partial charge in [0, 0.05) is 29.1 Å². The standard InChI is InChI=1S/C26H24N2O3/c1-31-22-12-6-5-11-20(22)25(28-23(29)16-13-18-8-3-2-4-9-18)21-15-14-19-10-7-17-27-24(19)26(21)30/h2-12,14-15,17,25,30H,13,16H2,1H3,(H,28,29)/t25-/m1/s1. The van der Waals surface area contributed by atoms with E-state index in [1.54, 1.807) is 13.3 Å². The maximum absolute atomic E-state index is 12.9. The average Bonchev–Trinajstić information content (AvgIpc) is 2.82. The van der Waals surface area contributed by atoms with Gasteiger partial charge in [-0.05, 0) is 24.1 Å². The van der Waals surface area contributed by atoms with Crippen molar-refractivity contribution in [3.63, 3.8) is 0 Å². The van der Waals surface area contributed by atoms with Crippen LogP contribution in [0.2, 0.25) is 0 Å². The number of aromatic hydroxyl groups is 1. The van der Waals surface area contributed by atoms with Gasteiger partial charge in [0.05, 0.1) is 13.2 Å². The number of fused-ring (bicyclic) bond motifs is 1. The topological polar surface area (TPSA) is 71.5 Å².